The van der Waals surface area contributed by atoms with E-state index < -0.39 is 0 Å². The molecule has 0 saturated carbocycles. The first kappa shape index (κ1) is 14.4. The first-order chi connectivity index (χ1) is 10.0. The van der Waals surface area contributed by atoms with Gasteiger partial charge in [0.25, 0.3) is 5.56 Å². The Kier molecular flexibility index (Phi) is 3.93. The van der Waals surface area contributed by atoms with E-state index in [2.05, 4.69) is 42.9 Å². The van der Waals surface area contributed by atoms with Crippen LogP contribution in [0.2, 0.25) is 0 Å². The summed E-state index contributed by atoms with van der Waals surface area (Å²) in [6, 6.07) is 6.26. The van der Waals surface area contributed by atoms with E-state index in [4.69, 9.17) is 0 Å². The van der Waals surface area contributed by atoms with E-state index in [0.717, 1.165) is 10.7 Å². The zero-order valence-corrected chi connectivity index (χ0v) is 13.9. The molecule has 0 fully saturated rings. The molecule has 0 aliphatic rings. The minimum absolute atomic E-state index is 0.00993. The van der Waals surface area contributed by atoms with Gasteiger partial charge in [-0.15, -0.1) is 22.7 Å². The van der Waals surface area contributed by atoms with Crippen molar-refractivity contribution in [2.75, 3.05) is 7.05 Å². The van der Waals surface area contributed by atoms with Crippen LogP contribution in [0, 0.1) is 6.92 Å². The molecule has 0 N–H and O–H groups in total. The summed E-state index contributed by atoms with van der Waals surface area (Å²) in [5.74, 6) is 0. The Labute approximate surface area is 131 Å². The zero-order valence-electron chi connectivity index (χ0n) is 12.2. The highest BCUT2D eigenvalue weighted by molar-refractivity contribution is 7.15. The van der Waals surface area contributed by atoms with Gasteiger partial charge in [-0.25, -0.2) is 4.98 Å². The molecule has 0 saturated heterocycles. The third-order valence-corrected chi connectivity index (χ3v) is 5.53. The molecule has 110 valence electrons. The fourth-order valence-corrected chi connectivity index (χ4v) is 3.99. The minimum atomic E-state index is -0.00993. The first-order valence-corrected chi connectivity index (χ1v) is 8.46. The second-order valence-electron chi connectivity index (χ2n) is 5.18. The highest BCUT2D eigenvalue weighted by Gasteiger charge is 2.15. The van der Waals surface area contributed by atoms with Gasteiger partial charge in [0.1, 0.15) is 0 Å². The molecule has 3 heterocycles. The summed E-state index contributed by atoms with van der Waals surface area (Å²) >= 11 is 3.30. The predicted molar refractivity (Wildman–Crippen MR) is 88.3 cm³/mol. The summed E-state index contributed by atoms with van der Waals surface area (Å²) in [7, 11) is 2.07. The highest BCUT2D eigenvalue weighted by atomic mass is 32.1. The highest BCUT2D eigenvalue weighted by Crippen LogP contribution is 2.27. The number of fused-ring (bicyclic) bond motifs is 1. The Bertz CT molecular complexity index is 818. The van der Waals surface area contributed by atoms with Crippen molar-refractivity contribution < 1.29 is 0 Å². The fraction of sp³-hybridized carbons (Fsp3) is 0.333. The van der Waals surface area contributed by atoms with E-state index in [1.54, 1.807) is 16.7 Å². The average Bonchev–Trinajstić information content (AvgIpc) is 3.06. The van der Waals surface area contributed by atoms with Gasteiger partial charge in [0, 0.05) is 40.0 Å². The van der Waals surface area contributed by atoms with Crippen LogP contribution in [0.5, 0.6) is 0 Å². The first-order valence-electron chi connectivity index (χ1n) is 6.77. The number of nitrogens with zero attached hydrogens (tertiary/aromatic N) is 3. The fourth-order valence-electron chi connectivity index (χ4n) is 2.26. The largest absolute Gasteiger partial charge is 0.293 e. The molecule has 0 spiro atoms. The number of hydrogen-bond acceptors (Lipinski definition) is 5. The molecule has 3 rings (SSSR count). The smallest absolute Gasteiger partial charge is 0.258 e. The van der Waals surface area contributed by atoms with Crippen molar-refractivity contribution in [1.82, 2.24) is 14.3 Å². The molecular formula is C15H17N3OS2. The van der Waals surface area contributed by atoms with Crippen molar-refractivity contribution in [1.29, 1.82) is 0 Å². The van der Waals surface area contributed by atoms with E-state index >= 15 is 0 Å². The van der Waals surface area contributed by atoms with E-state index in [1.807, 2.05) is 16.7 Å². The van der Waals surface area contributed by atoms with Crippen LogP contribution in [0.25, 0.3) is 4.96 Å². The maximum Gasteiger partial charge on any atom is 0.258 e. The van der Waals surface area contributed by atoms with Crippen LogP contribution < -0.4 is 5.56 Å². The summed E-state index contributed by atoms with van der Waals surface area (Å²) in [6.07, 6.45) is 1.76. The molecule has 21 heavy (non-hydrogen) atoms. The summed E-state index contributed by atoms with van der Waals surface area (Å²) in [5.41, 5.74) is 0.814. The molecule has 4 nitrogen and oxygen atoms in total. The normalized spacial score (nSPS) is 13.1. The maximum atomic E-state index is 12.0. The lowest BCUT2D eigenvalue weighted by Crippen LogP contribution is -2.23. The van der Waals surface area contributed by atoms with Crippen molar-refractivity contribution in [2.24, 2.45) is 0 Å². The lowest BCUT2D eigenvalue weighted by molar-refractivity contribution is 0.253. The number of rotatable bonds is 4. The van der Waals surface area contributed by atoms with Gasteiger partial charge in [-0.2, -0.15) is 0 Å². The molecule has 6 heteroatoms. The van der Waals surface area contributed by atoms with E-state index in [1.165, 1.54) is 21.1 Å². The average molecular weight is 319 g/mol. The molecule has 0 unspecified atom stereocenters. The number of thiazole rings is 1. The summed E-state index contributed by atoms with van der Waals surface area (Å²) in [4.78, 5) is 22.2. The Hall–Kier alpha value is -1.50. The van der Waals surface area contributed by atoms with Crippen LogP contribution in [0.3, 0.4) is 0 Å². The SMILES string of the molecule is Cc1ccc([C@@H](C)N(C)Cc2cc(=O)n3ccsc3n2)s1. The van der Waals surface area contributed by atoms with Crippen LogP contribution in [0.15, 0.2) is 34.6 Å². The van der Waals surface area contributed by atoms with Crippen LogP contribution in [-0.2, 0) is 6.54 Å². The molecule has 3 aromatic rings. The van der Waals surface area contributed by atoms with Crippen molar-refractivity contribution in [3.05, 3.63) is 55.6 Å². The van der Waals surface area contributed by atoms with E-state index in [0.29, 0.717) is 12.6 Å². The van der Waals surface area contributed by atoms with Crippen LogP contribution in [-0.4, -0.2) is 21.3 Å². The zero-order chi connectivity index (χ0) is 15.0. The molecule has 0 amide bonds. The third-order valence-electron chi connectivity index (χ3n) is 3.60. The van der Waals surface area contributed by atoms with Gasteiger partial charge in [0.2, 0.25) is 0 Å². The van der Waals surface area contributed by atoms with Crippen LogP contribution >= 0.6 is 22.7 Å². The molecule has 0 radical (unpaired) electrons. The molecule has 0 aliphatic heterocycles. The number of hydrogen-bond donors (Lipinski definition) is 0. The van der Waals surface area contributed by atoms with Crippen molar-refractivity contribution in [3.8, 4) is 0 Å². The second-order valence-corrected chi connectivity index (χ2v) is 7.37. The Morgan fingerprint density at radius 3 is 2.95 bits per heavy atom. The number of thiophene rings is 1. The van der Waals surface area contributed by atoms with Crippen LogP contribution in [0.4, 0.5) is 0 Å². The quantitative estimate of drug-likeness (QED) is 0.740. The van der Waals surface area contributed by atoms with E-state index in [9.17, 15) is 4.79 Å². The van der Waals surface area contributed by atoms with Crippen molar-refractivity contribution >= 4 is 27.6 Å². The van der Waals surface area contributed by atoms with Gasteiger partial charge in [0.05, 0.1) is 5.69 Å². The lowest BCUT2D eigenvalue weighted by atomic mass is 10.2. The standard InChI is InChI=1S/C15H17N3OS2/c1-10-4-5-13(21-10)11(2)17(3)9-12-8-14(19)18-6-7-20-15(18)16-12/h4-8,11H,9H2,1-3H3/t11-/m1/s1. The Morgan fingerprint density at radius 1 is 1.43 bits per heavy atom. The molecule has 3 aromatic heterocycles. The van der Waals surface area contributed by atoms with Gasteiger partial charge in [0.15, 0.2) is 4.96 Å². The van der Waals surface area contributed by atoms with Gasteiger partial charge in [-0.1, -0.05) is 0 Å². The van der Waals surface area contributed by atoms with Crippen molar-refractivity contribution in [3.63, 3.8) is 0 Å². The summed E-state index contributed by atoms with van der Waals surface area (Å²) in [5, 5.41) is 1.88. The lowest BCUT2D eigenvalue weighted by Gasteiger charge is -2.23. The molecule has 1 atom stereocenters. The number of aromatic nitrogens is 2. The van der Waals surface area contributed by atoms with Crippen molar-refractivity contribution in [2.45, 2.75) is 26.4 Å². The van der Waals surface area contributed by atoms with Gasteiger partial charge in [-0.05, 0) is 33.0 Å². The van der Waals surface area contributed by atoms with Gasteiger partial charge in [-0.3, -0.25) is 14.1 Å². The molecule has 0 aliphatic carbocycles. The molecule has 0 bridgehead atoms. The summed E-state index contributed by atoms with van der Waals surface area (Å²) in [6.45, 7) is 4.97. The van der Waals surface area contributed by atoms with Crippen LogP contribution in [0.1, 0.15) is 28.4 Å². The molecule has 0 aromatic carbocycles. The van der Waals surface area contributed by atoms with Gasteiger partial charge >= 0.3 is 0 Å². The molecular weight excluding hydrogens is 302 g/mol. The minimum Gasteiger partial charge on any atom is -0.293 e. The Balaban J connectivity index is 1.82. The maximum absolute atomic E-state index is 12.0. The topological polar surface area (TPSA) is 37.6 Å². The number of aryl methyl sites for hydroxylation is 1. The predicted octanol–water partition coefficient (Wildman–Crippen LogP) is 3.32. The summed E-state index contributed by atoms with van der Waals surface area (Å²) < 4.78 is 1.58. The third kappa shape index (κ3) is 2.92. The second kappa shape index (κ2) is 5.71. The Morgan fingerprint density at radius 2 is 2.24 bits per heavy atom. The van der Waals surface area contributed by atoms with E-state index in [-0.39, 0.29) is 5.56 Å². The van der Waals surface area contributed by atoms with Gasteiger partial charge < -0.3 is 0 Å². The monoisotopic (exact) mass is 319 g/mol.